The van der Waals surface area contributed by atoms with E-state index in [0.717, 1.165) is 0 Å². The summed E-state index contributed by atoms with van der Waals surface area (Å²) in [6.45, 7) is 4.17. The van der Waals surface area contributed by atoms with Gasteiger partial charge in [-0.15, -0.1) is 0 Å². The van der Waals surface area contributed by atoms with E-state index in [4.69, 9.17) is 0 Å². The third-order valence-corrected chi connectivity index (χ3v) is 6.38. The molecule has 0 amide bonds. The second-order valence-electron chi connectivity index (χ2n) is 6.15. The largest absolute Gasteiger partial charge is 0.451 e. The Kier molecular flexibility index (Phi) is 5.76. The van der Waals surface area contributed by atoms with Gasteiger partial charge < -0.3 is 5.32 Å². The Balaban J connectivity index is 1.98. The summed E-state index contributed by atoms with van der Waals surface area (Å²) >= 11 is 0. The van der Waals surface area contributed by atoms with E-state index in [1.807, 2.05) is 0 Å². The van der Waals surface area contributed by atoms with E-state index in [1.54, 1.807) is 32.0 Å². The first-order valence-corrected chi connectivity index (χ1v) is 10.3. The summed E-state index contributed by atoms with van der Waals surface area (Å²) in [5, 5.41) is 3.25. The zero-order valence-electron chi connectivity index (χ0n) is 15.7. The number of rotatable bonds is 6. The fourth-order valence-electron chi connectivity index (χ4n) is 2.86. The zero-order valence-corrected chi connectivity index (χ0v) is 16.5. The van der Waals surface area contributed by atoms with Crippen molar-refractivity contribution in [3.8, 4) is 0 Å². The Hall–Kier alpha value is -2.72. The summed E-state index contributed by atoms with van der Waals surface area (Å²) in [5.41, 5.74) is 0.554. The van der Waals surface area contributed by atoms with Crippen LogP contribution in [0.1, 0.15) is 19.7 Å². The lowest BCUT2D eigenvalue weighted by Gasteiger charge is -2.18. The number of hydrogen-bond acceptors (Lipinski definition) is 5. The highest BCUT2D eigenvalue weighted by Gasteiger charge is 2.35. The lowest BCUT2D eigenvalue weighted by molar-refractivity contribution is -0.144. The molecule has 3 aromatic rings. The van der Waals surface area contributed by atoms with Crippen LogP contribution in [0.2, 0.25) is 0 Å². The molecule has 29 heavy (non-hydrogen) atoms. The minimum absolute atomic E-state index is 0.0118. The molecule has 154 valence electrons. The van der Waals surface area contributed by atoms with Gasteiger partial charge in [-0.1, -0.05) is 26.0 Å². The number of nitrogens with one attached hydrogen (secondary N) is 1. The van der Waals surface area contributed by atoms with Gasteiger partial charge in [0.15, 0.2) is 0 Å². The van der Waals surface area contributed by atoms with Crippen molar-refractivity contribution < 1.29 is 21.6 Å². The summed E-state index contributed by atoms with van der Waals surface area (Å²) in [4.78, 5) is 7.30. The molecule has 1 heterocycles. The van der Waals surface area contributed by atoms with Gasteiger partial charge in [-0.25, -0.2) is 18.4 Å². The molecule has 1 N–H and O–H groups in total. The van der Waals surface area contributed by atoms with Crippen molar-refractivity contribution in [2.45, 2.75) is 24.9 Å². The highest BCUT2D eigenvalue weighted by molar-refractivity contribution is 7.89. The number of sulfonamides is 1. The molecule has 2 aromatic carbocycles. The third-order valence-electron chi connectivity index (χ3n) is 4.32. The molecule has 0 saturated carbocycles. The molecule has 0 radical (unpaired) electrons. The topological polar surface area (TPSA) is 75.2 Å². The lowest BCUT2D eigenvalue weighted by Crippen LogP contribution is -2.30. The van der Waals surface area contributed by atoms with Gasteiger partial charge in [-0.3, -0.25) is 0 Å². The molecular formula is C19H19F3N4O2S. The maximum Gasteiger partial charge on any atom is 0.451 e. The summed E-state index contributed by atoms with van der Waals surface area (Å²) in [6.07, 6.45) is -4.69. The number of alkyl halides is 3. The number of fused-ring (bicyclic) bond motifs is 1. The molecule has 0 aliphatic carbocycles. The van der Waals surface area contributed by atoms with Crippen LogP contribution in [-0.2, 0) is 16.2 Å². The van der Waals surface area contributed by atoms with Crippen molar-refractivity contribution in [3.05, 3.63) is 54.4 Å². The molecule has 1 aromatic heterocycles. The average Bonchev–Trinajstić information content (AvgIpc) is 2.68. The second-order valence-corrected chi connectivity index (χ2v) is 8.09. The van der Waals surface area contributed by atoms with Gasteiger partial charge in [0.05, 0.1) is 10.4 Å². The predicted molar refractivity (Wildman–Crippen MR) is 104 cm³/mol. The second kappa shape index (κ2) is 7.96. The van der Waals surface area contributed by atoms with Crippen molar-refractivity contribution in [1.29, 1.82) is 0 Å². The fraction of sp³-hybridized carbons (Fsp3) is 0.263. The molecular weight excluding hydrogens is 405 g/mol. The van der Waals surface area contributed by atoms with E-state index < -0.39 is 22.0 Å². The summed E-state index contributed by atoms with van der Waals surface area (Å²) in [7, 11) is -3.62. The Bertz CT molecular complexity index is 1110. The summed E-state index contributed by atoms with van der Waals surface area (Å²) in [5.74, 6) is -1.26. The van der Waals surface area contributed by atoms with Crippen LogP contribution < -0.4 is 5.32 Å². The van der Waals surface area contributed by atoms with Crippen LogP contribution >= 0.6 is 0 Å². The van der Waals surface area contributed by atoms with Gasteiger partial charge in [0.1, 0.15) is 5.82 Å². The molecule has 0 saturated heterocycles. The van der Waals surface area contributed by atoms with Crippen LogP contribution in [0.5, 0.6) is 0 Å². The van der Waals surface area contributed by atoms with Crippen molar-refractivity contribution in [2.24, 2.45) is 0 Å². The van der Waals surface area contributed by atoms with Gasteiger partial charge in [0, 0.05) is 24.2 Å². The van der Waals surface area contributed by atoms with Gasteiger partial charge >= 0.3 is 6.18 Å². The minimum Gasteiger partial charge on any atom is -0.340 e. The SMILES string of the molecule is CCN(CC)S(=O)(=O)c1ccc(Nc2nc(C(F)(F)F)nc3ccccc23)cc1. The Morgan fingerprint density at radius 2 is 1.59 bits per heavy atom. The van der Waals surface area contributed by atoms with Crippen LogP contribution in [0.25, 0.3) is 10.9 Å². The minimum atomic E-state index is -4.69. The molecule has 10 heteroatoms. The Morgan fingerprint density at radius 3 is 2.17 bits per heavy atom. The number of aromatic nitrogens is 2. The Morgan fingerprint density at radius 1 is 0.966 bits per heavy atom. The van der Waals surface area contributed by atoms with Gasteiger partial charge in [-0.05, 0) is 36.4 Å². The maximum absolute atomic E-state index is 13.1. The monoisotopic (exact) mass is 424 g/mol. The molecule has 0 aliphatic heterocycles. The Labute approximate surface area is 166 Å². The van der Waals surface area contributed by atoms with Crippen LogP contribution in [0.3, 0.4) is 0 Å². The first kappa shape index (κ1) is 21.0. The molecule has 0 spiro atoms. The molecule has 0 atom stereocenters. The van der Waals surface area contributed by atoms with Crippen LogP contribution in [0.4, 0.5) is 24.7 Å². The highest BCUT2D eigenvalue weighted by atomic mass is 32.2. The van der Waals surface area contributed by atoms with Crippen molar-refractivity contribution in [2.75, 3.05) is 18.4 Å². The number of nitrogens with zero attached hydrogens (tertiary/aromatic N) is 3. The van der Waals surface area contributed by atoms with Gasteiger partial charge in [-0.2, -0.15) is 17.5 Å². The standard InChI is InChI=1S/C19H19F3N4O2S/c1-3-26(4-2)29(27,28)14-11-9-13(10-12-14)23-17-15-7-5-6-8-16(15)24-18(25-17)19(20,21)22/h5-12H,3-4H2,1-2H3,(H,23,24,25). The van der Waals surface area contributed by atoms with Crippen molar-refractivity contribution in [1.82, 2.24) is 14.3 Å². The number of benzene rings is 2. The van der Waals surface area contributed by atoms with Crippen LogP contribution in [0, 0.1) is 0 Å². The van der Waals surface area contributed by atoms with Crippen molar-refractivity contribution >= 4 is 32.4 Å². The number of halogens is 3. The van der Waals surface area contributed by atoms with Crippen LogP contribution in [-0.4, -0.2) is 35.8 Å². The highest BCUT2D eigenvalue weighted by Crippen LogP contribution is 2.31. The molecule has 0 unspecified atom stereocenters. The van der Waals surface area contributed by atoms with Crippen LogP contribution in [0.15, 0.2) is 53.4 Å². The van der Waals surface area contributed by atoms with E-state index in [-0.39, 0.29) is 16.2 Å². The summed E-state index contributed by atoms with van der Waals surface area (Å²) in [6, 6.07) is 12.1. The van der Waals surface area contributed by atoms with E-state index in [2.05, 4.69) is 15.3 Å². The molecule has 0 bridgehead atoms. The smallest absolute Gasteiger partial charge is 0.340 e. The van der Waals surface area contributed by atoms with Crippen molar-refractivity contribution in [3.63, 3.8) is 0 Å². The number of hydrogen-bond donors (Lipinski definition) is 1. The van der Waals surface area contributed by atoms with E-state index in [1.165, 1.54) is 34.6 Å². The fourth-order valence-corrected chi connectivity index (χ4v) is 4.32. The quantitative estimate of drug-likeness (QED) is 0.634. The van der Waals surface area contributed by atoms with Gasteiger partial charge in [0.2, 0.25) is 15.8 Å². The molecule has 6 nitrogen and oxygen atoms in total. The first-order chi connectivity index (χ1) is 13.7. The molecule has 0 fully saturated rings. The van der Waals surface area contributed by atoms with E-state index in [9.17, 15) is 21.6 Å². The molecule has 3 rings (SSSR count). The maximum atomic E-state index is 13.1. The third kappa shape index (κ3) is 4.33. The van der Waals surface area contributed by atoms with E-state index in [0.29, 0.717) is 24.2 Å². The number of para-hydroxylation sites is 1. The molecule has 0 aliphatic rings. The average molecular weight is 424 g/mol. The van der Waals surface area contributed by atoms with E-state index >= 15 is 0 Å². The summed E-state index contributed by atoms with van der Waals surface area (Å²) < 4.78 is 65.8. The lowest BCUT2D eigenvalue weighted by atomic mass is 10.2. The first-order valence-electron chi connectivity index (χ1n) is 8.88. The number of anilines is 2. The zero-order chi connectivity index (χ0) is 21.2. The van der Waals surface area contributed by atoms with Gasteiger partial charge in [0.25, 0.3) is 0 Å². The normalized spacial score (nSPS) is 12.5. The predicted octanol–water partition coefficient (Wildman–Crippen LogP) is 4.42.